The van der Waals surface area contributed by atoms with Crippen LogP contribution in [-0.4, -0.2) is 46.7 Å². The zero-order chi connectivity index (χ0) is 24.7. The number of hydrogen-bond donors (Lipinski definition) is 2. The fourth-order valence-corrected chi connectivity index (χ4v) is 3.76. The number of hydrogen-bond acceptors (Lipinski definition) is 3. The van der Waals surface area contributed by atoms with Crippen molar-refractivity contribution in [1.82, 2.24) is 4.90 Å². The molecule has 3 aromatic carbocycles. The molecule has 174 valence electrons. The Morgan fingerprint density at radius 1 is 0.853 bits per heavy atom. The fourth-order valence-electron chi connectivity index (χ4n) is 3.76. The van der Waals surface area contributed by atoms with Crippen LogP contribution in [-0.2, 0) is 4.79 Å². The smallest absolute Gasteiger partial charge is 0.352 e. The van der Waals surface area contributed by atoms with E-state index in [1.807, 2.05) is 60.7 Å². The molecule has 0 unspecified atom stereocenters. The molecule has 0 spiro atoms. The van der Waals surface area contributed by atoms with Gasteiger partial charge in [-0.3, -0.25) is 9.80 Å². The first-order valence-electron chi connectivity index (χ1n) is 10.7. The van der Waals surface area contributed by atoms with Crippen LogP contribution in [0.2, 0.25) is 0 Å². The van der Waals surface area contributed by atoms with E-state index in [2.05, 4.69) is 6.58 Å². The van der Waals surface area contributed by atoms with E-state index < -0.39 is 18.0 Å². The Morgan fingerprint density at radius 2 is 1.41 bits per heavy atom. The van der Waals surface area contributed by atoms with E-state index in [9.17, 15) is 24.6 Å². The van der Waals surface area contributed by atoms with Crippen molar-refractivity contribution in [1.29, 1.82) is 0 Å². The summed E-state index contributed by atoms with van der Waals surface area (Å²) in [6.45, 7) is 3.70. The number of aromatic carboxylic acids is 1. The predicted octanol–water partition coefficient (Wildman–Crippen LogP) is 5.06. The number of nitrogens with zero attached hydrogens (tertiary/aromatic N) is 2. The molecule has 0 atom stereocenters. The molecule has 0 aliphatic heterocycles. The van der Waals surface area contributed by atoms with Crippen LogP contribution in [0.3, 0.4) is 0 Å². The summed E-state index contributed by atoms with van der Waals surface area (Å²) in [5.74, 6) is -2.50. The maximum Gasteiger partial charge on any atom is 0.352 e. The van der Waals surface area contributed by atoms with Gasteiger partial charge in [-0.05, 0) is 35.7 Å². The van der Waals surface area contributed by atoms with Gasteiger partial charge in [0, 0.05) is 25.2 Å². The molecular formula is C27H26N2O5. The van der Waals surface area contributed by atoms with Crippen molar-refractivity contribution in [2.75, 3.05) is 18.5 Å². The van der Waals surface area contributed by atoms with Crippen molar-refractivity contribution < 1.29 is 24.6 Å². The van der Waals surface area contributed by atoms with Crippen molar-refractivity contribution in [3.63, 3.8) is 0 Å². The number of carbonyl (C=O) groups excluding carboxylic acids is 1. The first-order chi connectivity index (χ1) is 16.3. The zero-order valence-corrected chi connectivity index (χ0v) is 18.8. The van der Waals surface area contributed by atoms with Crippen molar-refractivity contribution in [2.45, 2.75) is 12.3 Å². The Kier molecular flexibility index (Phi) is 7.82. The van der Waals surface area contributed by atoms with Crippen molar-refractivity contribution >= 4 is 23.7 Å². The van der Waals surface area contributed by atoms with Crippen molar-refractivity contribution in [3.8, 4) is 0 Å². The first-order valence-corrected chi connectivity index (χ1v) is 10.7. The normalized spacial score (nSPS) is 10.5. The SMILES string of the molecule is C=C(C(=O)O)N(CCC(c1ccccc1)c1ccccc1)C(=O)N(C)c1cccc(C(=O)O)c1. The Bertz CT molecular complexity index is 1140. The quantitative estimate of drug-likeness (QED) is 0.437. The molecule has 0 aromatic heterocycles. The van der Waals surface area contributed by atoms with Gasteiger partial charge in [0.1, 0.15) is 5.70 Å². The molecule has 0 aliphatic rings. The molecule has 0 radical (unpaired) electrons. The van der Waals surface area contributed by atoms with Gasteiger partial charge in [0.25, 0.3) is 0 Å². The number of urea groups is 1. The van der Waals surface area contributed by atoms with Crippen LogP contribution >= 0.6 is 0 Å². The molecule has 3 aromatic rings. The molecular weight excluding hydrogens is 432 g/mol. The van der Waals surface area contributed by atoms with Gasteiger partial charge < -0.3 is 10.2 Å². The van der Waals surface area contributed by atoms with Crippen LogP contribution in [0.15, 0.2) is 97.2 Å². The number of rotatable bonds is 9. The third-order valence-electron chi connectivity index (χ3n) is 5.62. The molecule has 7 nitrogen and oxygen atoms in total. The second kappa shape index (κ2) is 11.0. The number of aliphatic carboxylic acids is 1. The zero-order valence-electron chi connectivity index (χ0n) is 18.8. The lowest BCUT2D eigenvalue weighted by Gasteiger charge is -2.30. The highest BCUT2D eigenvalue weighted by molar-refractivity contribution is 5.99. The number of anilines is 1. The van der Waals surface area contributed by atoms with Crippen LogP contribution in [0, 0.1) is 0 Å². The molecule has 0 aliphatic carbocycles. The van der Waals surface area contributed by atoms with Gasteiger partial charge in [-0.2, -0.15) is 0 Å². The predicted molar refractivity (Wildman–Crippen MR) is 130 cm³/mol. The van der Waals surface area contributed by atoms with Gasteiger partial charge in [-0.15, -0.1) is 0 Å². The summed E-state index contributed by atoms with van der Waals surface area (Å²) in [5.41, 5.74) is 2.09. The summed E-state index contributed by atoms with van der Waals surface area (Å²) in [6.07, 6.45) is 0.453. The minimum absolute atomic E-state index is 0.0222. The summed E-state index contributed by atoms with van der Waals surface area (Å²) in [6, 6.07) is 24.9. The molecule has 0 bridgehead atoms. The average Bonchev–Trinajstić information content (AvgIpc) is 2.86. The van der Waals surface area contributed by atoms with Gasteiger partial charge in [0.05, 0.1) is 5.56 Å². The third-order valence-corrected chi connectivity index (χ3v) is 5.62. The Morgan fingerprint density at radius 3 is 1.91 bits per heavy atom. The first kappa shape index (κ1) is 24.3. The van der Waals surface area contributed by atoms with E-state index in [1.54, 1.807) is 6.07 Å². The maximum atomic E-state index is 13.3. The number of amides is 2. The lowest BCUT2D eigenvalue weighted by atomic mass is 9.88. The summed E-state index contributed by atoms with van der Waals surface area (Å²) in [7, 11) is 1.47. The minimum Gasteiger partial charge on any atom is -0.478 e. The van der Waals surface area contributed by atoms with Crippen LogP contribution in [0.5, 0.6) is 0 Å². The van der Waals surface area contributed by atoms with Crippen molar-refractivity contribution in [3.05, 3.63) is 114 Å². The molecule has 2 N–H and O–H groups in total. The van der Waals surface area contributed by atoms with Gasteiger partial charge in [-0.1, -0.05) is 73.3 Å². The summed E-state index contributed by atoms with van der Waals surface area (Å²) < 4.78 is 0. The molecule has 34 heavy (non-hydrogen) atoms. The lowest BCUT2D eigenvalue weighted by Crippen LogP contribution is -2.43. The average molecular weight is 459 g/mol. The highest BCUT2D eigenvalue weighted by Crippen LogP contribution is 2.29. The van der Waals surface area contributed by atoms with Crippen LogP contribution in [0.1, 0.15) is 33.8 Å². The summed E-state index contributed by atoms with van der Waals surface area (Å²) in [5, 5.41) is 18.8. The van der Waals surface area contributed by atoms with E-state index >= 15 is 0 Å². The second-order valence-corrected chi connectivity index (χ2v) is 7.76. The molecule has 0 saturated carbocycles. The summed E-state index contributed by atoms with van der Waals surface area (Å²) >= 11 is 0. The minimum atomic E-state index is -1.31. The number of carbonyl (C=O) groups is 3. The Balaban J connectivity index is 1.89. The van der Waals surface area contributed by atoms with E-state index in [0.717, 1.165) is 16.0 Å². The summed E-state index contributed by atoms with van der Waals surface area (Å²) in [4.78, 5) is 38.7. The second-order valence-electron chi connectivity index (χ2n) is 7.76. The number of carboxylic acid groups (broad SMARTS) is 2. The van der Waals surface area contributed by atoms with E-state index in [0.29, 0.717) is 12.1 Å². The standard InChI is InChI=1S/C27H26N2O5/c1-19(25(30)31)29(27(34)28(2)23-15-9-14-22(18-23)26(32)33)17-16-24(20-10-5-3-6-11-20)21-12-7-4-8-13-21/h3-15,18,24H,1,16-17H2,2H3,(H,30,31)(H,32,33). The topological polar surface area (TPSA) is 98.2 Å². The lowest BCUT2D eigenvalue weighted by molar-refractivity contribution is -0.134. The highest BCUT2D eigenvalue weighted by atomic mass is 16.4. The number of benzene rings is 3. The largest absolute Gasteiger partial charge is 0.478 e. The monoisotopic (exact) mass is 458 g/mol. The molecule has 0 saturated heterocycles. The van der Waals surface area contributed by atoms with Crippen LogP contribution < -0.4 is 4.90 Å². The van der Waals surface area contributed by atoms with Crippen LogP contribution in [0.25, 0.3) is 0 Å². The highest BCUT2D eigenvalue weighted by Gasteiger charge is 2.27. The third kappa shape index (κ3) is 5.69. The van der Waals surface area contributed by atoms with E-state index in [-0.39, 0.29) is 23.7 Å². The van der Waals surface area contributed by atoms with Gasteiger partial charge in [0.15, 0.2) is 0 Å². The van der Waals surface area contributed by atoms with Crippen LogP contribution in [0.4, 0.5) is 10.5 Å². The molecule has 7 heteroatoms. The Hall–Kier alpha value is -4.39. The van der Waals surface area contributed by atoms with Gasteiger partial charge >= 0.3 is 18.0 Å². The van der Waals surface area contributed by atoms with Crippen molar-refractivity contribution in [2.24, 2.45) is 0 Å². The molecule has 3 rings (SSSR count). The molecule has 2 amide bonds. The van der Waals surface area contributed by atoms with Gasteiger partial charge in [-0.25, -0.2) is 14.4 Å². The molecule has 0 fully saturated rings. The van der Waals surface area contributed by atoms with Gasteiger partial charge in [0.2, 0.25) is 0 Å². The molecule has 0 heterocycles. The maximum absolute atomic E-state index is 13.3. The Labute approximate surface area is 198 Å². The fraction of sp³-hybridized carbons (Fsp3) is 0.148. The number of carboxylic acids is 2. The van der Waals surface area contributed by atoms with E-state index in [4.69, 9.17) is 0 Å². The van der Waals surface area contributed by atoms with E-state index in [1.165, 1.54) is 30.1 Å².